The number of nitrogens with zero attached hydrogens (tertiary/aromatic N) is 5. The maximum atomic E-state index is 12.7. The van der Waals surface area contributed by atoms with Gasteiger partial charge < -0.3 is 14.5 Å². The van der Waals surface area contributed by atoms with Gasteiger partial charge in [0.05, 0.1) is 18.7 Å². The smallest absolute Gasteiger partial charge is 0.250 e. The molecule has 3 aromatic rings. The SMILES string of the molecule is COc1cccc(-c2csc3nc(NC(=O)C4CC(=O)N(CCCN(C)C)C4)nn23)c1. The molecular weight excluding hydrogens is 416 g/mol. The van der Waals surface area contributed by atoms with E-state index in [1.54, 1.807) is 16.5 Å². The van der Waals surface area contributed by atoms with Crippen molar-refractivity contribution in [1.29, 1.82) is 0 Å². The maximum absolute atomic E-state index is 12.7. The predicted octanol–water partition coefficient (Wildman–Crippen LogP) is 2.21. The molecule has 0 spiro atoms. The topological polar surface area (TPSA) is 92.1 Å². The van der Waals surface area contributed by atoms with Crippen molar-refractivity contribution in [3.63, 3.8) is 0 Å². The fraction of sp³-hybridized carbons (Fsp3) is 0.429. The molecule has 1 aliphatic rings. The third kappa shape index (κ3) is 4.70. The van der Waals surface area contributed by atoms with E-state index in [1.807, 2.05) is 43.7 Å². The zero-order chi connectivity index (χ0) is 22.0. The summed E-state index contributed by atoms with van der Waals surface area (Å²) >= 11 is 1.45. The highest BCUT2D eigenvalue weighted by Crippen LogP contribution is 2.28. The Morgan fingerprint density at radius 1 is 1.39 bits per heavy atom. The molecule has 2 amide bonds. The van der Waals surface area contributed by atoms with Gasteiger partial charge in [-0.1, -0.05) is 12.1 Å². The van der Waals surface area contributed by atoms with Crippen LogP contribution in [0.25, 0.3) is 16.2 Å². The Labute approximate surface area is 184 Å². The molecule has 9 nitrogen and oxygen atoms in total. The normalized spacial score (nSPS) is 16.5. The Morgan fingerprint density at radius 3 is 3.00 bits per heavy atom. The standard InChI is InChI=1S/C21H26N6O3S/c1-25(2)8-5-9-26-12-15(11-18(26)28)19(29)22-20-23-21-27(24-20)17(13-31-21)14-6-4-7-16(10-14)30-3/h4,6-7,10,13,15H,5,8-9,11-12H2,1-3H3,(H,22,24,29). The van der Waals surface area contributed by atoms with Gasteiger partial charge in [0.25, 0.3) is 0 Å². The first-order chi connectivity index (χ1) is 14.9. The second-order valence-electron chi connectivity index (χ2n) is 7.87. The molecular formula is C21H26N6O3S. The average molecular weight is 443 g/mol. The van der Waals surface area contributed by atoms with Gasteiger partial charge >= 0.3 is 0 Å². The molecule has 10 heteroatoms. The number of thiazole rings is 1. The first-order valence-electron chi connectivity index (χ1n) is 10.2. The van der Waals surface area contributed by atoms with E-state index in [-0.39, 0.29) is 30.1 Å². The van der Waals surface area contributed by atoms with Gasteiger partial charge in [-0.25, -0.2) is 4.52 Å². The number of hydrogen-bond acceptors (Lipinski definition) is 7. The highest BCUT2D eigenvalue weighted by Gasteiger charge is 2.34. The van der Waals surface area contributed by atoms with Gasteiger partial charge in [-0.3, -0.25) is 14.9 Å². The minimum Gasteiger partial charge on any atom is -0.497 e. The zero-order valence-corrected chi connectivity index (χ0v) is 18.7. The van der Waals surface area contributed by atoms with Crippen molar-refractivity contribution in [2.24, 2.45) is 5.92 Å². The number of benzene rings is 1. The summed E-state index contributed by atoms with van der Waals surface area (Å²) in [6.45, 7) is 2.02. The number of methoxy groups -OCH3 is 1. The molecule has 1 atom stereocenters. The molecule has 1 unspecified atom stereocenters. The number of hydrogen-bond donors (Lipinski definition) is 1. The molecule has 1 aromatic carbocycles. The first kappa shape index (κ1) is 21.3. The fourth-order valence-corrected chi connectivity index (χ4v) is 4.50. The third-order valence-electron chi connectivity index (χ3n) is 5.30. The minimum atomic E-state index is -0.383. The van der Waals surface area contributed by atoms with Gasteiger partial charge in [-0.05, 0) is 39.2 Å². The van der Waals surface area contributed by atoms with E-state index < -0.39 is 0 Å². The Morgan fingerprint density at radius 2 is 2.23 bits per heavy atom. The molecule has 1 N–H and O–H groups in total. The van der Waals surface area contributed by atoms with Crippen LogP contribution in [-0.4, -0.2) is 77.1 Å². The largest absolute Gasteiger partial charge is 0.497 e. The van der Waals surface area contributed by atoms with Crippen LogP contribution in [0, 0.1) is 5.92 Å². The van der Waals surface area contributed by atoms with Crippen molar-refractivity contribution in [1.82, 2.24) is 24.4 Å². The summed E-state index contributed by atoms with van der Waals surface area (Å²) in [6, 6.07) is 7.70. The second kappa shape index (κ2) is 9.03. The van der Waals surface area contributed by atoms with E-state index >= 15 is 0 Å². The second-order valence-corrected chi connectivity index (χ2v) is 8.71. The summed E-state index contributed by atoms with van der Waals surface area (Å²) in [6.07, 6.45) is 1.12. The van der Waals surface area contributed by atoms with E-state index in [0.717, 1.165) is 30.0 Å². The summed E-state index contributed by atoms with van der Waals surface area (Å²) in [5, 5.41) is 9.22. The van der Waals surface area contributed by atoms with Crippen LogP contribution >= 0.6 is 11.3 Å². The van der Waals surface area contributed by atoms with Crippen molar-refractivity contribution < 1.29 is 14.3 Å². The average Bonchev–Trinajstić information content (AvgIpc) is 3.42. The minimum absolute atomic E-state index is 0.0259. The quantitative estimate of drug-likeness (QED) is 0.575. The van der Waals surface area contributed by atoms with Crippen LogP contribution < -0.4 is 10.1 Å². The fourth-order valence-electron chi connectivity index (χ4n) is 3.67. The number of carbonyl (C=O) groups is 2. The lowest BCUT2D eigenvalue weighted by Crippen LogP contribution is -2.30. The number of carbonyl (C=O) groups excluding carboxylic acids is 2. The van der Waals surface area contributed by atoms with Crippen molar-refractivity contribution in [2.45, 2.75) is 12.8 Å². The van der Waals surface area contributed by atoms with Gasteiger partial charge in [0.2, 0.25) is 22.7 Å². The van der Waals surface area contributed by atoms with Gasteiger partial charge in [-0.15, -0.1) is 16.4 Å². The molecule has 0 aliphatic carbocycles. The number of rotatable bonds is 8. The molecule has 1 saturated heterocycles. The van der Waals surface area contributed by atoms with Crippen molar-refractivity contribution in [3.05, 3.63) is 29.6 Å². The van der Waals surface area contributed by atoms with E-state index in [0.29, 0.717) is 18.1 Å². The van der Waals surface area contributed by atoms with Crippen molar-refractivity contribution >= 4 is 34.1 Å². The highest BCUT2D eigenvalue weighted by molar-refractivity contribution is 7.15. The summed E-state index contributed by atoms with van der Waals surface area (Å²) < 4.78 is 7.01. The van der Waals surface area contributed by atoms with Crippen LogP contribution in [-0.2, 0) is 9.59 Å². The van der Waals surface area contributed by atoms with E-state index in [1.165, 1.54) is 11.3 Å². The lowest BCUT2D eigenvalue weighted by Gasteiger charge is -2.17. The molecule has 0 radical (unpaired) electrons. The monoisotopic (exact) mass is 442 g/mol. The van der Waals surface area contributed by atoms with E-state index in [4.69, 9.17) is 4.74 Å². The highest BCUT2D eigenvalue weighted by atomic mass is 32.1. The summed E-state index contributed by atoms with van der Waals surface area (Å²) in [7, 11) is 5.64. The number of ether oxygens (including phenoxy) is 1. The zero-order valence-electron chi connectivity index (χ0n) is 17.9. The number of nitrogens with one attached hydrogen (secondary N) is 1. The van der Waals surface area contributed by atoms with Gasteiger partial charge in [-0.2, -0.15) is 4.98 Å². The molecule has 164 valence electrons. The van der Waals surface area contributed by atoms with E-state index in [2.05, 4.69) is 20.3 Å². The molecule has 3 heterocycles. The van der Waals surface area contributed by atoms with Gasteiger partial charge in [0.15, 0.2) is 0 Å². The molecule has 2 aromatic heterocycles. The van der Waals surface area contributed by atoms with Crippen LogP contribution in [0.4, 0.5) is 5.95 Å². The van der Waals surface area contributed by atoms with Crippen molar-refractivity contribution in [3.8, 4) is 17.0 Å². The van der Waals surface area contributed by atoms with E-state index in [9.17, 15) is 9.59 Å². The Balaban J connectivity index is 1.43. The van der Waals surface area contributed by atoms with Crippen LogP contribution in [0.15, 0.2) is 29.6 Å². The van der Waals surface area contributed by atoms with Gasteiger partial charge in [0, 0.05) is 30.5 Å². The van der Waals surface area contributed by atoms with Crippen LogP contribution in [0.2, 0.25) is 0 Å². The number of fused-ring (bicyclic) bond motifs is 1. The molecule has 0 saturated carbocycles. The molecule has 4 rings (SSSR count). The van der Waals surface area contributed by atoms with Crippen molar-refractivity contribution in [2.75, 3.05) is 46.2 Å². The first-order valence-corrected chi connectivity index (χ1v) is 11.0. The lowest BCUT2D eigenvalue weighted by atomic mass is 10.1. The molecule has 0 bridgehead atoms. The maximum Gasteiger partial charge on any atom is 0.250 e. The number of anilines is 1. The summed E-state index contributed by atoms with van der Waals surface area (Å²) in [5.41, 5.74) is 1.82. The molecule has 1 aliphatic heterocycles. The predicted molar refractivity (Wildman–Crippen MR) is 119 cm³/mol. The Hall–Kier alpha value is -2.98. The number of likely N-dealkylation sites (tertiary alicyclic amines) is 1. The van der Waals surface area contributed by atoms with Gasteiger partial charge in [0.1, 0.15) is 5.75 Å². The summed E-state index contributed by atoms with van der Waals surface area (Å²) in [4.78, 5) is 33.9. The Bertz CT molecular complexity index is 1090. The molecule has 1 fully saturated rings. The Kier molecular flexibility index (Phi) is 6.19. The summed E-state index contributed by atoms with van der Waals surface area (Å²) in [5.74, 6) is 0.430. The lowest BCUT2D eigenvalue weighted by molar-refractivity contribution is -0.128. The third-order valence-corrected chi connectivity index (χ3v) is 6.12. The number of aromatic nitrogens is 3. The van der Waals surface area contributed by atoms with Crippen LogP contribution in [0.1, 0.15) is 12.8 Å². The van der Waals surface area contributed by atoms with Crippen LogP contribution in [0.5, 0.6) is 5.75 Å². The van der Waals surface area contributed by atoms with Crippen LogP contribution in [0.3, 0.4) is 0 Å². The number of amides is 2. The molecule has 31 heavy (non-hydrogen) atoms.